The third-order valence-electron chi connectivity index (χ3n) is 15.7. The molecule has 0 spiro atoms. The van der Waals surface area contributed by atoms with Crippen molar-refractivity contribution in [3.05, 3.63) is 88.1 Å². The van der Waals surface area contributed by atoms with E-state index in [2.05, 4.69) is 43.4 Å². The number of fused-ring (bicyclic) bond motifs is 6. The van der Waals surface area contributed by atoms with E-state index in [1.165, 1.54) is 38.0 Å². The number of hydrogen-bond donors (Lipinski definition) is 4. The quantitative estimate of drug-likeness (QED) is 0.0918. The monoisotopic (exact) mass is 999 g/mol. The lowest BCUT2D eigenvalue weighted by molar-refractivity contribution is -0.138. The minimum absolute atomic E-state index is 0.0652. The number of benzene rings is 2. The van der Waals surface area contributed by atoms with Crippen molar-refractivity contribution in [1.29, 1.82) is 0 Å². The third-order valence-corrected chi connectivity index (χ3v) is 17.0. The van der Waals surface area contributed by atoms with Crippen LogP contribution >= 0.6 is 11.3 Å². The molecule has 5 fully saturated rings. The second-order valence-corrected chi connectivity index (χ2v) is 21.7. The van der Waals surface area contributed by atoms with E-state index < -0.39 is 36.3 Å². The minimum atomic E-state index is -0.769. The molecule has 0 radical (unpaired) electrons. The Morgan fingerprint density at radius 1 is 0.819 bits per heavy atom. The summed E-state index contributed by atoms with van der Waals surface area (Å²) < 4.78 is 41.4. The smallest absolute Gasteiger partial charge is 0.407 e. The van der Waals surface area contributed by atoms with Gasteiger partial charge in [0.2, 0.25) is 18.0 Å². The van der Waals surface area contributed by atoms with Crippen molar-refractivity contribution in [3.63, 3.8) is 0 Å². The Morgan fingerprint density at radius 2 is 1.54 bits per heavy atom. The molecule has 7 atom stereocenters. The molecule has 4 aromatic heterocycles. The molecular weight excluding hydrogens is 942 g/mol. The first-order chi connectivity index (χ1) is 35.0. The fourth-order valence-corrected chi connectivity index (χ4v) is 12.9. The highest BCUT2D eigenvalue weighted by atomic mass is 32.1. The number of amides is 4. The lowest BCUT2D eigenvalue weighted by Crippen LogP contribution is -2.54. The van der Waals surface area contributed by atoms with Crippen LogP contribution in [-0.2, 0) is 23.8 Å². The molecule has 4 amide bonds. The number of H-pyrrole nitrogens is 2. The van der Waals surface area contributed by atoms with E-state index in [0.29, 0.717) is 90.8 Å². The zero-order chi connectivity index (χ0) is 49.5. The Bertz CT molecular complexity index is 3100. The molecule has 3 saturated heterocycles. The number of aromatic nitrogens is 5. The van der Waals surface area contributed by atoms with Crippen LogP contribution in [0.25, 0.3) is 44.7 Å². The van der Waals surface area contributed by atoms with Crippen LogP contribution < -0.4 is 15.4 Å². The summed E-state index contributed by atoms with van der Waals surface area (Å²) >= 11 is 1.73. The van der Waals surface area contributed by atoms with Gasteiger partial charge in [-0.1, -0.05) is 19.9 Å². The molecule has 72 heavy (non-hydrogen) atoms. The van der Waals surface area contributed by atoms with Gasteiger partial charge in [0.25, 0.3) is 0 Å². The van der Waals surface area contributed by atoms with E-state index in [9.17, 15) is 19.2 Å². The Morgan fingerprint density at radius 3 is 2.28 bits per heavy atom. The number of nitrogens with one attached hydrogen (secondary N) is 4. The van der Waals surface area contributed by atoms with Crippen LogP contribution in [0.1, 0.15) is 111 Å². The minimum Gasteiger partial charge on any atom is -0.464 e. The highest BCUT2D eigenvalue weighted by molar-refractivity contribution is 7.12. The van der Waals surface area contributed by atoms with Crippen LogP contribution in [-0.4, -0.2) is 110 Å². The Balaban J connectivity index is 0.851. The summed E-state index contributed by atoms with van der Waals surface area (Å²) in [6, 6.07) is 13.8. The fourth-order valence-electron chi connectivity index (χ4n) is 11.7. The predicted octanol–water partition coefficient (Wildman–Crippen LogP) is 8.96. The Kier molecular flexibility index (Phi) is 11.8. The van der Waals surface area contributed by atoms with Gasteiger partial charge in [-0.15, -0.1) is 11.3 Å². The molecule has 4 N–H and O–H groups in total. The summed E-state index contributed by atoms with van der Waals surface area (Å²) in [6.45, 7) is 5.34. The molecule has 17 nitrogen and oxygen atoms in total. The first-order valence-electron chi connectivity index (χ1n) is 25.2. The lowest BCUT2D eigenvalue weighted by atomic mass is 9.90. The first kappa shape index (κ1) is 46.3. The van der Waals surface area contributed by atoms with Crippen LogP contribution in [0.4, 0.5) is 14.0 Å². The van der Waals surface area contributed by atoms with E-state index in [-0.39, 0.29) is 41.8 Å². The number of piperidine rings is 1. The number of nitrogens with zero attached hydrogens (tertiary/aromatic N) is 5. The van der Waals surface area contributed by atoms with Gasteiger partial charge in [0.05, 0.1) is 71.7 Å². The average molecular weight is 1000 g/mol. The molecule has 19 heteroatoms. The summed E-state index contributed by atoms with van der Waals surface area (Å²) in [5.41, 5.74) is 4.73. The summed E-state index contributed by atoms with van der Waals surface area (Å²) in [5, 5.41) is 6.45. The van der Waals surface area contributed by atoms with Crippen molar-refractivity contribution in [2.45, 2.75) is 108 Å². The number of thiophene rings is 1. The SMILES string of the molecule is COC(=O)N[C@H](C(=O)N1CCCC1c1ncc(-c2cc(F)c3c(c2)OC(c2ccc(C4CC4)s2)n2c-3cc3cc(-c4cnc([C@@H]5C[C@H]6C[C@H]6N5C(=O)[C@@H](NC(=O)OC)C5CCOCC5)[nH]4)ccc32)[nH]1)C(C)C. The van der Waals surface area contributed by atoms with E-state index in [1.54, 1.807) is 22.4 Å². The van der Waals surface area contributed by atoms with Crippen molar-refractivity contribution in [1.82, 2.24) is 44.9 Å². The molecule has 6 aromatic rings. The van der Waals surface area contributed by atoms with Crippen LogP contribution in [0, 0.1) is 23.6 Å². The number of imidazole rings is 2. The van der Waals surface area contributed by atoms with E-state index >= 15 is 4.39 Å². The Labute approximate surface area is 419 Å². The summed E-state index contributed by atoms with van der Waals surface area (Å²) in [4.78, 5) is 75.6. The van der Waals surface area contributed by atoms with Gasteiger partial charge in [-0.2, -0.15) is 0 Å². The number of halogens is 1. The van der Waals surface area contributed by atoms with Crippen molar-refractivity contribution in [2.75, 3.05) is 34.0 Å². The molecule has 12 rings (SSSR count). The molecule has 2 saturated carbocycles. The van der Waals surface area contributed by atoms with Gasteiger partial charge < -0.3 is 49.3 Å². The number of methoxy groups -OCH3 is 2. The van der Waals surface area contributed by atoms with Crippen molar-refractivity contribution < 1.29 is 42.5 Å². The highest BCUT2D eigenvalue weighted by Crippen LogP contribution is 2.54. The molecule has 2 aromatic carbocycles. The largest absolute Gasteiger partial charge is 0.464 e. The predicted molar refractivity (Wildman–Crippen MR) is 264 cm³/mol. The number of hydrogen-bond acceptors (Lipinski definition) is 11. The van der Waals surface area contributed by atoms with E-state index in [0.717, 1.165) is 46.3 Å². The highest BCUT2D eigenvalue weighted by Gasteiger charge is 2.57. The molecular formula is C53H58FN9O8S. The molecule has 8 heterocycles. The van der Waals surface area contributed by atoms with Crippen LogP contribution in [0.3, 0.4) is 0 Å². The maximum Gasteiger partial charge on any atom is 0.407 e. The first-order valence-corrected chi connectivity index (χ1v) is 26.0. The van der Waals surface area contributed by atoms with Crippen molar-refractivity contribution in [2.24, 2.45) is 17.8 Å². The average Bonchev–Trinajstić information content (AvgIpc) is 3.85. The van der Waals surface area contributed by atoms with Gasteiger partial charge in [-0.3, -0.25) is 14.2 Å². The molecule has 2 unspecified atom stereocenters. The normalized spacial score (nSPS) is 23.3. The zero-order valence-electron chi connectivity index (χ0n) is 40.6. The van der Waals surface area contributed by atoms with Crippen molar-refractivity contribution >= 4 is 46.2 Å². The van der Waals surface area contributed by atoms with Crippen LogP contribution in [0.5, 0.6) is 5.75 Å². The Hall–Kier alpha value is -6.73. The maximum atomic E-state index is 17.0. The van der Waals surface area contributed by atoms with Crippen LogP contribution in [0.15, 0.2) is 60.9 Å². The maximum absolute atomic E-state index is 17.0. The van der Waals surface area contributed by atoms with Gasteiger partial charge in [-0.05, 0) is 118 Å². The van der Waals surface area contributed by atoms with Gasteiger partial charge in [0, 0.05) is 47.2 Å². The fraction of sp³-hybridized carbons (Fsp3) is 0.472. The summed E-state index contributed by atoms with van der Waals surface area (Å²) in [5.74, 6) is 1.60. The number of aromatic amines is 2. The van der Waals surface area contributed by atoms with E-state index in [1.807, 2.05) is 49.2 Å². The molecule has 2 aliphatic carbocycles. The summed E-state index contributed by atoms with van der Waals surface area (Å²) in [6.07, 6.45) is 8.44. The van der Waals surface area contributed by atoms with E-state index in [4.69, 9.17) is 28.9 Å². The molecule has 4 aliphatic heterocycles. The number of likely N-dealkylation sites (tertiary alicyclic amines) is 2. The molecule has 376 valence electrons. The number of alkyl carbamates (subject to hydrolysis) is 2. The lowest BCUT2D eigenvalue weighted by Gasteiger charge is -2.35. The summed E-state index contributed by atoms with van der Waals surface area (Å²) in [7, 11) is 2.58. The standard InChI is InChI=1S/C53H58FN9O8S/c1-26(2)45(59-52(66)68-3)49(64)61-15-5-6-37(61)47-55-25-35(58-47)30-19-33(54)44-39-21-31-18-29(9-10-36(31)63(39)51(71-41(44)23-30)43-12-11-42(72-43)27-7-8-27)34-24-56-48(57-34)40-22-32-20-38(32)62(40)50(65)46(60-53(67)69-4)28-13-16-70-17-14-28/h9-12,18-19,21,23-28,32,37-38,40,45-46,51H,5-8,13-17,20,22H2,1-4H3,(H,55,58)(H,56,57)(H,59,66)(H,60,67)/t32-,37?,38-,40+,45+,46+,51?/m1/s1. The molecule has 0 bridgehead atoms. The van der Waals surface area contributed by atoms with Crippen LogP contribution in [0.2, 0.25) is 0 Å². The van der Waals surface area contributed by atoms with Crippen molar-refractivity contribution in [3.8, 4) is 39.5 Å². The number of ether oxygens (including phenoxy) is 4. The van der Waals surface area contributed by atoms with Gasteiger partial charge in [0.15, 0.2) is 0 Å². The second kappa shape index (κ2) is 18.4. The molecule has 6 aliphatic rings. The number of carbonyl (C=O) groups excluding carboxylic acids is 4. The third kappa shape index (κ3) is 8.27. The second-order valence-electron chi connectivity index (χ2n) is 20.5. The van der Waals surface area contributed by atoms with Gasteiger partial charge in [-0.25, -0.2) is 23.9 Å². The van der Waals surface area contributed by atoms with Gasteiger partial charge >= 0.3 is 12.2 Å². The number of rotatable bonds is 12. The zero-order valence-corrected chi connectivity index (χ0v) is 41.4. The topological polar surface area (TPSA) is 198 Å². The van der Waals surface area contributed by atoms with Gasteiger partial charge in [0.1, 0.15) is 35.3 Å². The number of carbonyl (C=O) groups is 4.